The van der Waals surface area contributed by atoms with Crippen molar-refractivity contribution in [3.05, 3.63) is 71.5 Å². The molecule has 8 heteroatoms. The van der Waals surface area contributed by atoms with Crippen LogP contribution in [0.25, 0.3) is 11.4 Å². The summed E-state index contributed by atoms with van der Waals surface area (Å²) >= 11 is 0. The van der Waals surface area contributed by atoms with Crippen molar-refractivity contribution in [3.8, 4) is 11.4 Å². The topological polar surface area (TPSA) is 34.0 Å². The minimum Gasteiger partial charge on any atom is -0.314 e. The summed E-state index contributed by atoms with van der Waals surface area (Å²) in [7, 11) is 2.02. The molecule has 1 aromatic heterocycles. The molecule has 4 nitrogen and oxygen atoms in total. The first-order valence-electron chi connectivity index (χ1n) is 11.7. The zero-order valence-electron chi connectivity index (χ0n) is 19.3. The second-order valence-electron chi connectivity index (χ2n) is 9.54. The first-order chi connectivity index (χ1) is 15.9. The molecule has 1 aliphatic heterocycles. The van der Waals surface area contributed by atoms with Gasteiger partial charge in [-0.25, -0.2) is 0 Å². The molecule has 34 heavy (non-hydrogen) atoms. The molecular formula is C26H30ClF3N4. The number of alkyl halides is 3. The number of piperidine rings is 1. The molecule has 0 N–H and O–H groups in total. The fourth-order valence-electron chi connectivity index (χ4n) is 5.41. The van der Waals surface area contributed by atoms with Crippen LogP contribution in [0.1, 0.15) is 42.6 Å². The predicted octanol–water partition coefficient (Wildman–Crippen LogP) is 5.91. The van der Waals surface area contributed by atoms with Crippen LogP contribution in [-0.2, 0) is 25.1 Å². The Labute approximate surface area is 204 Å². The van der Waals surface area contributed by atoms with Gasteiger partial charge in [-0.1, -0.05) is 48.9 Å². The highest BCUT2D eigenvalue weighted by Gasteiger charge is 2.60. The van der Waals surface area contributed by atoms with Crippen LogP contribution >= 0.6 is 12.4 Å². The van der Waals surface area contributed by atoms with E-state index in [1.54, 1.807) is 12.1 Å². The average molecular weight is 491 g/mol. The Kier molecular flexibility index (Phi) is 7.06. The summed E-state index contributed by atoms with van der Waals surface area (Å²) in [6.07, 6.45) is 1.07. The van der Waals surface area contributed by atoms with E-state index in [4.69, 9.17) is 0 Å². The van der Waals surface area contributed by atoms with Gasteiger partial charge in [0.2, 0.25) is 0 Å². The first kappa shape index (κ1) is 24.7. The van der Waals surface area contributed by atoms with Crippen molar-refractivity contribution in [1.29, 1.82) is 0 Å². The van der Waals surface area contributed by atoms with Crippen LogP contribution < -0.4 is 0 Å². The third-order valence-corrected chi connectivity index (χ3v) is 7.38. The summed E-state index contributed by atoms with van der Waals surface area (Å²) in [5.74, 6) is 2.50. The summed E-state index contributed by atoms with van der Waals surface area (Å²) in [5.41, 5.74) is 1.66. The molecule has 3 aromatic rings. The molecule has 1 saturated carbocycles. The van der Waals surface area contributed by atoms with Gasteiger partial charge < -0.3 is 9.47 Å². The van der Waals surface area contributed by atoms with Gasteiger partial charge in [0.15, 0.2) is 5.82 Å². The molecule has 2 fully saturated rings. The highest BCUT2D eigenvalue weighted by Crippen LogP contribution is 2.59. The number of benzene rings is 2. The molecule has 1 saturated heterocycles. The number of nitrogens with zero attached hydrogens (tertiary/aromatic N) is 4. The van der Waals surface area contributed by atoms with Gasteiger partial charge in [0.25, 0.3) is 0 Å². The average Bonchev–Trinajstić information content (AvgIpc) is 3.18. The van der Waals surface area contributed by atoms with Gasteiger partial charge in [-0.05, 0) is 49.4 Å². The third-order valence-electron chi connectivity index (χ3n) is 7.38. The van der Waals surface area contributed by atoms with Gasteiger partial charge in [-0.3, -0.25) is 0 Å². The second-order valence-corrected chi connectivity index (χ2v) is 9.54. The van der Waals surface area contributed by atoms with Crippen LogP contribution in [0.3, 0.4) is 0 Å². The largest absolute Gasteiger partial charge is 0.416 e. The van der Waals surface area contributed by atoms with Gasteiger partial charge in [-0.15, -0.1) is 22.6 Å². The van der Waals surface area contributed by atoms with E-state index in [-0.39, 0.29) is 17.8 Å². The van der Waals surface area contributed by atoms with Gasteiger partial charge >= 0.3 is 6.18 Å². The lowest BCUT2D eigenvalue weighted by Crippen LogP contribution is -2.27. The van der Waals surface area contributed by atoms with Gasteiger partial charge in [0.1, 0.15) is 5.82 Å². The van der Waals surface area contributed by atoms with Crippen LogP contribution in [-0.4, -0.2) is 39.3 Å². The van der Waals surface area contributed by atoms with Crippen molar-refractivity contribution in [3.63, 3.8) is 0 Å². The molecule has 2 heterocycles. The number of aryl methyl sites for hydroxylation is 1. The molecule has 0 amide bonds. The highest BCUT2D eigenvalue weighted by molar-refractivity contribution is 5.85. The van der Waals surface area contributed by atoms with E-state index in [0.29, 0.717) is 5.92 Å². The maximum atomic E-state index is 12.9. The molecule has 2 atom stereocenters. The number of hydrogen-bond acceptors (Lipinski definition) is 3. The normalized spacial score (nSPS) is 21.8. The molecule has 0 radical (unpaired) electrons. The maximum absolute atomic E-state index is 12.9. The SMILES string of the molecule is Cl.Cn1c(CCCCCN2C[C@@H]3C[C@]3(c3ccc(C(F)(F)F)cc3)C2)nnc1-c1ccccc1. The van der Waals surface area contributed by atoms with E-state index in [1.165, 1.54) is 12.1 Å². The zero-order valence-corrected chi connectivity index (χ0v) is 20.1. The van der Waals surface area contributed by atoms with E-state index >= 15 is 0 Å². The molecule has 5 rings (SSSR count). The Morgan fingerprint density at radius 2 is 1.71 bits per heavy atom. The number of halogens is 4. The fourth-order valence-corrected chi connectivity index (χ4v) is 5.41. The minimum atomic E-state index is -4.27. The summed E-state index contributed by atoms with van der Waals surface area (Å²) in [6.45, 7) is 3.07. The van der Waals surface area contributed by atoms with Crippen LogP contribution in [0, 0.1) is 5.92 Å². The summed E-state index contributed by atoms with van der Waals surface area (Å²) < 4.78 is 40.7. The van der Waals surface area contributed by atoms with Gasteiger partial charge in [-0.2, -0.15) is 13.2 Å². The van der Waals surface area contributed by atoms with Crippen molar-refractivity contribution in [1.82, 2.24) is 19.7 Å². The van der Waals surface area contributed by atoms with Crippen molar-refractivity contribution in [2.24, 2.45) is 13.0 Å². The number of fused-ring (bicyclic) bond motifs is 1. The monoisotopic (exact) mass is 490 g/mol. The number of hydrogen-bond donors (Lipinski definition) is 0. The number of aromatic nitrogens is 3. The Morgan fingerprint density at radius 3 is 2.41 bits per heavy atom. The lowest BCUT2D eigenvalue weighted by molar-refractivity contribution is -0.137. The molecule has 2 aliphatic rings. The van der Waals surface area contributed by atoms with E-state index in [2.05, 4.69) is 19.7 Å². The van der Waals surface area contributed by atoms with Crippen LogP contribution in [0.15, 0.2) is 54.6 Å². The zero-order chi connectivity index (χ0) is 23.1. The highest BCUT2D eigenvalue weighted by atomic mass is 35.5. The van der Waals surface area contributed by atoms with Crippen molar-refractivity contribution in [2.45, 2.75) is 43.7 Å². The molecule has 0 bridgehead atoms. The Hall–Kier alpha value is -2.38. The molecule has 2 aromatic carbocycles. The van der Waals surface area contributed by atoms with Crippen LogP contribution in [0.5, 0.6) is 0 Å². The summed E-state index contributed by atoms with van der Waals surface area (Å²) in [4.78, 5) is 2.49. The summed E-state index contributed by atoms with van der Waals surface area (Å²) in [5, 5.41) is 8.74. The van der Waals surface area contributed by atoms with E-state index < -0.39 is 11.7 Å². The van der Waals surface area contributed by atoms with E-state index in [1.807, 2.05) is 37.4 Å². The Bertz CT molecular complexity index is 1100. The van der Waals surface area contributed by atoms with Crippen LogP contribution in [0.4, 0.5) is 13.2 Å². The predicted molar refractivity (Wildman–Crippen MR) is 129 cm³/mol. The number of rotatable bonds is 8. The van der Waals surface area contributed by atoms with Crippen molar-refractivity contribution in [2.75, 3.05) is 19.6 Å². The molecule has 182 valence electrons. The standard InChI is InChI=1S/C26H29F3N4.ClH/c1-32-23(30-31-24(32)19-8-4-2-5-9-19)10-6-3-7-15-33-17-22-16-25(22,18-33)20-11-13-21(14-12-20)26(27,28)29;/h2,4-5,8-9,11-14,22H,3,6-7,10,15-18H2,1H3;1H/t22-,25+;/m0./s1. The number of unbranched alkanes of at least 4 members (excludes halogenated alkanes) is 2. The summed E-state index contributed by atoms with van der Waals surface area (Å²) in [6, 6.07) is 16.0. The van der Waals surface area contributed by atoms with Gasteiger partial charge in [0.05, 0.1) is 5.56 Å². The lowest BCUT2D eigenvalue weighted by Gasteiger charge is -2.21. The van der Waals surface area contributed by atoms with E-state index in [9.17, 15) is 13.2 Å². The quantitative estimate of drug-likeness (QED) is 0.368. The van der Waals surface area contributed by atoms with Crippen molar-refractivity contribution >= 4 is 12.4 Å². The van der Waals surface area contributed by atoms with Gasteiger partial charge in [0, 0.05) is 37.5 Å². The van der Waals surface area contributed by atoms with E-state index in [0.717, 1.165) is 74.5 Å². The fraction of sp³-hybridized carbons (Fsp3) is 0.462. The Morgan fingerprint density at radius 1 is 0.971 bits per heavy atom. The molecule has 0 unspecified atom stereocenters. The second kappa shape index (κ2) is 9.70. The Balaban J connectivity index is 0.00000274. The smallest absolute Gasteiger partial charge is 0.314 e. The minimum absolute atomic E-state index is 0. The third kappa shape index (κ3) is 4.86. The lowest BCUT2D eigenvalue weighted by atomic mass is 9.94. The molecule has 1 aliphatic carbocycles. The van der Waals surface area contributed by atoms with Crippen molar-refractivity contribution < 1.29 is 13.2 Å². The first-order valence-corrected chi connectivity index (χ1v) is 11.7. The molecule has 0 spiro atoms. The maximum Gasteiger partial charge on any atom is 0.416 e. The number of likely N-dealkylation sites (tertiary alicyclic amines) is 1. The molecular weight excluding hydrogens is 461 g/mol. The van der Waals surface area contributed by atoms with Crippen LogP contribution in [0.2, 0.25) is 0 Å².